The molecule has 0 aromatic heterocycles. The van der Waals surface area contributed by atoms with E-state index in [0.29, 0.717) is 27.8 Å². The number of methoxy groups -OCH3 is 1. The monoisotopic (exact) mass is 384 g/mol. The fourth-order valence-electron chi connectivity index (χ4n) is 2.26. The number of halogens is 1. The van der Waals surface area contributed by atoms with Gasteiger partial charge in [0.25, 0.3) is 5.91 Å². The molecule has 0 heterocycles. The molecule has 0 aliphatic heterocycles. The first-order valence-electron chi connectivity index (χ1n) is 8.50. The molecule has 5 nitrogen and oxygen atoms in total. The molecule has 6 heteroatoms. The molecule has 0 unspecified atom stereocenters. The maximum Gasteiger partial charge on any atom is 0.266 e. The van der Waals surface area contributed by atoms with Crippen LogP contribution in [0.2, 0.25) is 5.02 Å². The smallest absolute Gasteiger partial charge is 0.266 e. The van der Waals surface area contributed by atoms with Crippen LogP contribution in [0.4, 0.5) is 5.69 Å². The SMILES string of the molecule is CC[C@@H](C)Oc1c(Cl)cc(/C=C(/C#N)C(=O)Nc2ccccc2)cc1OC. The molecule has 2 aromatic rings. The van der Waals surface area contributed by atoms with E-state index in [1.807, 2.05) is 26.0 Å². The van der Waals surface area contributed by atoms with Gasteiger partial charge in [-0.3, -0.25) is 4.79 Å². The van der Waals surface area contributed by atoms with Gasteiger partial charge in [0.1, 0.15) is 11.6 Å². The molecule has 0 radical (unpaired) electrons. The Labute approximate surface area is 164 Å². The highest BCUT2D eigenvalue weighted by atomic mass is 35.5. The molecule has 0 saturated carbocycles. The minimum absolute atomic E-state index is 0.0240. The molecule has 27 heavy (non-hydrogen) atoms. The number of nitrogens with zero attached hydrogens (tertiary/aromatic N) is 1. The number of ether oxygens (including phenoxy) is 2. The van der Waals surface area contributed by atoms with E-state index in [1.165, 1.54) is 13.2 Å². The van der Waals surface area contributed by atoms with E-state index in [1.54, 1.807) is 36.4 Å². The largest absolute Gasteiger partial charge is 0.493 e. The lowest BCUT2D eigenvalue weighted by Gasteiger charge is -2.17. The number of anilines is 1. The molecule has 1 atom stereocenters. The summed E-state index contributed by atoms with van der Waals surface area (Å²) in [4.78, 5) is 12.3. The third-order valence-corrected chi connectivity index (χ3v) is 4.13. The number of nitriles is 1. The highest BCUT2D eigenvalue weighted by molar-refractivity contribution is 6.32. The van der Waals surface area contributed by atoms with Crippen LogP contribution in [0.3, 0.4) is 0 Å². The number of carbonyl (C=O) groups excluding carboxylic acids is 1. The Balaban J connectivity index is 2.31. The number of carbonyl (C=O) groups is 1. The highest BCUT2D eigenvalue weighted by Crippen LogP contribution is 2.38. The Morgan fingerprint density at radius 3 is 2.63 bits per heavy atom. The van der Waals surface area contributed by atoms with Gasteiger partial charge in [-0.25, -0.2) is 0 Å². The van der Waals surface area contributed by atoms with Crippen LogP contribution in [-0.4, -0.2) is 19.1 Å². The van der Waals surface area contributed by atoms with Gasteiger partial charge >= 0.3 is 0 Å². The minimum Gasteiger partial charge on any atom is -0.493 e. The second-order valence-electron chi connectivity index (χ2n) is 5.86. The summed E-state index contributed by atoms with van der Waals surface area (Å²) in [6.45, 7) is 3.94. The Morgan fingerprint density at radius 1 is 1.33 bits per heavy atom. The quantitative estimate of drug-likeness (QED) is 0.534. The van der Waals surface area contributed by atoms with Crippen LogP contribution < -0.4 is 14.8 Å². The number of benzene rings is 2. The average Bonchev–Trinajstić information content (AvgIpc) is 2.68. The lowest BCUT2D eigenvalue weighted by atomic mass is 10.1. The third-order valence-electron chi connectivity index (χ3n) is 3.85. The fourth-order valence-corrected chi connectivity index (χ4v) is 2.52. The predicted molar refractivity (Wildman–Crippen MR) is 107 cm³/mol. The van der Waals surface area contributed by atoms with Crippen molar-refractivity contribution >= 4 is 29.3 Å². The van der Waals surface area contributed by atoms with Crippen molar-refractivity contribution in [3.8, 4) is 17.6 Å². The van der Waals surface area contributed by atoms with Crippen LogP contribution in [0.15, 0.2) is 48.0 Å². The van der Waals surface area contributed by atoms with E-state index in [2.05, 4.69) is 5.32 Å². The number of rotatable bonds is 7. The molecule has 140 valence electrons. The van der Waals surface area contributed by atoms with Crippen LogP contribution in [0.1, 0.15) is 25.8 Å². The summed E-state index contributed by atoms with van der Waals surface area (Å²) < 4.78 is 11.2. The van der Waals surface area contributed by atoms with E-state index in [-0.39, 0.29) is 11.7 Å². The van der Waals surface area contributed by atoms with Crippen LogP contribution in [0, 0.1) is 11.3 Å². The first-order valence-corrected chi connectivity index (χ1v) is 8.88. The van der Waals surface area contributed by atoms with E-state index in [9.17, 15) is 10.1 Å². The van der Waals surface area contributed by atoms with Gasteiger partial charge < -0.3 is 14.8 Å². The standard InChI is InChI=1S/C21H21ClN2O3/c1-4-14(2)27-20-18(22)11-15(12-19(20)26-3)10-16(13-23)21(25)24-17-8-6-5-7-9-17/h5-12,14H,4H2,1-3H3,(H,24,25)/b16-10-/t14-/m1/s1. The van der Waals surface area contributed by atoms with Gasteiger partial charge in [-0.15, -0.1) is 0 Å². The molecule has 0 aliphatic carbocycles. The Hall–Kier alpha value is -2.97. The van der Waals surface area contributed by atoms with Gasteiger partial charge in [-0.05, 0) is 49.2 Å². The minimum atomic E-state index is -0.501. The molecule has 2 rings (SSSR count). The fraction of sp³-hybridized carbons (Fsp3) is 0.238. The molecule has 0 bridgehead atoms. The summed E-state index contributed by atoms with van der Waals surface area (Å²) in [5.41, 5.74) is 1.12. The predicted octanol–water partition coefficient (Wildman–Crippen LogP) is 5.07. The van der Waals surface area contributed by atoms with Crippen molar-refractivity contribution in [3.63, 3.8) is 0 Å². The Bertz CT molecular complexity index is 873. The Morgan fingerprint density at radius 2 is 2.04 bits per heavy atom. The van der Waals surface area contributed by atoms with Crippen LogP contribution >= 0.6 is 11.6 Å². The normalized spacial score (nSPS) is 12.0. The topological polar surface area (TPSA) is 71.3 Å². The van der Waals surface area contributed by atoms with Crippen molar-refractivity contribution in [2.75, 3.05) is 12.4 Å². The van der Waals surface area contributed by atoms with Gasteiger partial charge in [-0.2, -0.15) is 5.26 Å². The highest BCUT2D eigenvalue weighted by Gasteiger charge is 2.15. The first-order chi connectivity index (χ1) is 13.0. The average molecular weight is 385 g/mol. The molecule has 2 aromatic carbocycles. The number of nitrogens with one attached hydrogen (secondary N) is 1. The first kappa shape index (κ1) is 20.3. The maximum absolute atomic E-state index is 12.3. The zero-order chi connectivity index (χ0) is 19.8. The molecular weight excluding hydrogens is 364 g/mol. The molecule has 1 amide bonds. The lowest BCUT2D eigenvalue weighted by molar-refractivity contribution is -0.112. The third kappa shape index (κ3) is 5.50. The lowest BCUT2D eigenvalue weighted by Crippen LogP contribution is -2.13. The molecule has 0 saturated heterocycles. The van der Waals surface area contributed by atoms with Crippen LogP contribution in [-0.2, 0) is 4.79 Å². The summed E-state index contributed by atoms with van der Waals surface area (Å²) >= 11 is 6.33. The molecule has 1 N–H and O–H groups in total. The van der Waals surface area contributed by atoms with Gasteiger partial charge in [0, 0.05) is 5.69 Å². The summed E-state index contributed by atoms with van der Waals surface area (Å²) in [5, 5.41) is 12.4. The van der Waals surface area contributed by atoms with Crippen molar-refractivity contribution in [2.45, 2.75) is 26.4 Å². The number of para-hydroxylation sites is 1. The Kier molecular flexibility index (Phi) is 7.27. The van der Waals surface area contributed by atoms with E-state index in [4.69, 9.17) is 21.1 Å². The molecule has 0 fully saturated rings. The van der Waals surface area contributed by atoms with Gasteiger partial charge in [0.15, 0.2) is 11.5 Å². The van der Waals surface area contributed by atoms with Gasteiger partial charge in [0.05, 0.1) is 18.2 Å². The zero-order valence-corrected chi connectivity index (χ0v) is 16.2. The van der Waals surface area contributed by atoms with Gasteiger partial charge in [-0.1, -0.05) is 36.7 Å². The maximum atomic E-state index is 12.3. The van der Waals surface area contributed by atoms with E-state index in [0.717, 1.165) is 6.42 Å². The number of hydrogen-bond acceptors (Lipinski definition) is 4. The molecular formula is C21H21ClN2O3. The zero-order valence-electron chi connectivity index (χ0n) is 15.5. The van der Waals surface area contributed by atoms with Crippen molar-refractivity contribution in [1.29, 1.82) is 5.26 Å². The molecule has 0 spiro atoms. The van der Waals surface area contributed by atoms with Crippen molar-refractivity contribution < 1.29 is 14.3 Å². The number of hydrogen-bond donors (Lipinski definition) is 1. The number of amides is 1. The summed E-state index contributed by atoms with van der Waals surface area (Å²) in [6.07, 6.45) is 2.25. The van der Waals surface area contributed by atoms with E-state index >= 15 is 0 Å². The van der Waals surface area contributed by atoms with Crippen molar-refractivity contribution in [2.24, 2.45) is 0 Å². The molecule has 0 aliphatic rings. The summed E-state index contributed by atoms with van der Waals surface area (Å²) in [6, 6.07) is 14.2. The van der Waals surface area contributed by atoms with Crippen LogP contribution in [0.25, 0.3) is 6.08 Å². The summed E-state index contributed by atoms with van der Waals surface area (Å²) in [5.74, 6) is 0.381. The second-order valence-corrected chi connectivity index (χ2v) is 6.27. The van der Waals surface area contributed by atoms with Crippen molar-refractivity contribution in [3.05, 3.63) is 58.6 Å². The van der Waals surface area contributed by atoms with Crippen LogP contribution in [0.5, 0.6) is 11.5 Å². The second kappa shape index (κ2) is 9.65. The van der Waals surface area contributed by atoms with E-state index < -0.39 is 5.91 Å². The van der Waals surface area contributed by atoms with Gasteiger partial charge in [0.2, 0.25) is 0 Å². The van der Waals surface area contributed by atoms with Crippen molar-refractivity contribution in [1.82, 2.24) is 0 Å². The summed E-state index contributed by atoms with van der Waals surface area (Å²) in [7, 11) is 1.51.